The zero-order valence-corrected chi connectivity index (χ0v) is 11.0. The molecule has 0 radical (unpaired) electrons. The van der Waals surface area contributed by atoms with Crippen LogP contribution < -0.4 is 0 Å². The molecule has 90 valence electrons. The first kappa shape index (κ1) is 13.0. The quantitative estimate of drug-likeness (QED) is 0.694. The predicted molar refractivity (Wildman–Crippen MR) is 63.1 cm³/mol. The number of sulfonamides is 1. The smallest absolute Gasteiger partial charge is 0.211 e. The van der Waals surface area contributed by atoms with Crippen LogP contribution in [0.3, 0.4) is 0 Å². The summed E-state index contributed by atoms with van der Waals surface area (Å²) in [5.74, 6) is 2.03. The highest BCUT2D eigenvalue weighted by Crippen LogP contribution is 2.45. The number of nitrogens with zero attached hydrogens (tertiary/aromatic N) is 1. The first-order valence-electron chi connectivity index (χ1n) is 5.85. The maximum Gasteiger partial charge on any atom is 0.211 e. The van der Waals surface area contributed by atoms with Gasteiger partial charge in [0, 0.05) is 13.1 Å². The fourth-order valence-corrected chi connectivity index (χ4v) is 3.28. The minimum Gasteiger partial charge on any atom is -0.213 e. The van der Waals surface area contributed by atoms with Gasteiger partial charge in [-0.25, -0.2) is 12.7 Å². The van der Waals surface area contributed by atoms with Gasteiger partial charge in [0.15, 0.2) is 0 Å². The van der Waals surface area contributed by atoms with Crippen molar-refractivity contribution in [2.75, 3.05) is 19.3 Å². The van der Waals surface area contributed by atoms with E-state index in [1.807, 2.05) is 0 Å². The molecular weight excluding hydrogens is 210 g/mol. The van der Waals surface area contributed by atoms with Crippen molar-refractivity contribution in [1.82, 2.24) is 4.31 Å². The van der Waals surface area contributed by atoms with Gasteiger partial charge in [0.25, 0.3) is 0 Å². The number of fused-ring (bicyclic) bond motifs is 2. The van der Waals surface area contributed by atoms with Gasteiger partial charge in [-0.05, 0) is 24.2 Å². The molecule has 2 unspecified atom stereocenters. The molecule has 0 aromatic heterocycles. The van der Waals surface area contributed by atoms with E-state index in [4.69, 9.17) is 0 Å². The van der Waals surface area contributed by atoms with Crippen molar-refractivity contribution in [2.45, 2.75) is 33.6 Å². The molecule has 0 aromatic rings. The van der Waals surface area contributed by atoms with E-state index < -0.39 is 10.0 Å². The molecule has 4 heteroatoms. The molecule has 0 aromatic carbocycles. The molecule has 2 atom stereocenters. The molecule has 2 aliphatic heterocycles. The predicted octanol–water partition coefficient (Wildman–Crippen LogP) is 1.95. The van der Waals surface area contributed by atoms with E-state index in [0.717, 1.165) is 19.0 Å². The molecule has 3 nitrogen and oxygen atoms in total. The van der Waals surface area contributed by atoms with Gasteiger partial charge in [-0.2, -0.15) is 0 Å². The van der Waals surface area contributed by atoms with Crippen LogP contribution in [0.25, 0.3) is 0 Å². The Balaban J connectivity index is 0.000000337. The van der Waals surface area contributed by atoms with Crippen molar-refractivity contribution in [2.24, 2.45) is 17.8 Å². The van der Waals surface area contributed by atoms with Crippen molar-refractivity contribution in [1.29, 1.82) is 0 Å². The van der Waals surface area contributed by atoms with E-state index in [9.17, 15) is 8.42 Å². The summed E-state index contributed by atoms with van der Waals surface area (Å²) < 4.78 is 24.0. The summed E-state index contributed by atoms with van der Waals surface area (Å²) in [5.41, 5.74) is 0. The highest BCUT2D eigenvalue weighted by Gasteiger charge is 2.45. The highest BCUT2D eigenvalue weighted by atomic mass is 32.2. The normalized spacial score (nSPS) is 35.1. The van der Waals surface area contributed by atoms with Gasteiger partial charge in [0.1, 0.15) is 0 Å². The zero-order valence-electron chi connectivity index (χ0n) is 10.2. The Kier molecular flexibility index (Phi) is 4.18. The average molecular weight is 233 g/mol. The minimum absolute atomic E-state index is 0.637. The number of hydrogen-bond acceptors (Lipinski definition) is 2. The van der Waals surface area contributed by atoms with Crippen LogP contribution in [-0.2, 0) is 10.0 Å². The Morgan fingerprint density at radius 2 is 1.60 bits per heavy atom. The second-order valence-corrected chi connectivity index (χ2v) is 6.88. The van der Waals surface area contributed by atoms with Crippen molar-refractivity contribution in [3.05, 3.63) is 0 Å². The SMILES string of the molecule is CC1C2CC1CN(S(C)(=O)=O)C2.CCC. The van der Waals surface area contributed by atoms with Gasteiger partial charge in [-0.3, -0.25) is 0 Å². The van der Waals surface area contributed by atoms with Crippen LogP contribution in [0, 0.1) is 17.8 Å². The molecule has 1 saturated carbocycles. The molecule has 0 amide bonds. The second kappa shape index (κ2) is 4.83. The number of piperidine rings is 2. The molecule has 3 fully saturated rings. The van der Waals surface area contributed by atoms with Gasteiger partial charge in [0.2, 0.25) is 10.0 Å². The van der Waals surface area contributed by atoms with E-state index in [1.54, 1.807) is 4.31 Å². The monoisotopic (exact) mass is 233 g/mol. The van der Waals surface area contributed by atoms with Gasteiger partial charge >= 0.3 is 0 Å². The molecule has 3 rings (SSSR count). The van der Waals surface area contributed by atoms with Crippen LogP contribution in [-0.4, -0.2) is 32.1 Å². The Hall–Kier alpha value is -0.0900. The molecule has 2 heterocycles. The molecule has 1 aliphatic carbocycles. The summed E-state index contributed by atoms with van der Waals surface area (Å²) in [7, 11) is -2.92. The molecule has 0 spiro atoms. The van der Waals surface area contributed by atoms with Crippen LogP contribution >= 0.6 is 0 Å². The van der Waals surface area contributed by atoms with E-state index in [0.29, 0.717) is 11.8 Å². The van der Waals surface area contributed by atoms with Crippen LogP contribution in [0.15, 0.2) is 0 Å². The molecule has 2 saturated heterocycles. The first-order valence-corrected chi connectivity index (χ1v) is 7.70. The second-order valence-electron chi connectivity index (χ2n) is 4.90. The Morgan fingerprint density at radius 3 is 1.87 bits per heavy atom. The molecule has 15 heavy (non-hydrogen) atoms. The summed E-state index contributed by atoms with van der Waals surface area (Å²) in [6.07, 6.45) is 3.80. The van der Waals surface area contributed by atoms with E-state index in [2.05, 4.69) is 20.8 Å². The van der Waals surface area contributed by atoms with Crippen LogP contribution in [0.4, 0.5) is 0 Å². The lowest BCUT2D eigenvalue weighted by Crippen LogP contribution is -2.55. The van der Waals surface area contributed by atoms with Gasteiger partial charge < -0.3 is 0 Å². The van der Waals surface area contributed by atoms with Crippen molar-refractivity contribution >= 4 is 10.0 Å². The summed E-state index contributed by atoms with van der Waals surface area (Å²) in [6, 6.07) is 0. The van der Waals surface area contributed by atoms with E-state index >= 15 is 0 Å². The van der Waals surface area contributed by atoms with E-state index in [-0.39, 0.29) is 0 Å². The summed E-state index contributed by atoms with van der Waals surface area (Å²) in [6.45, 7) is 8.01. The lowest BCUT2D eigenvalue weighted by Gasteiger charge is -2.51. The summed E-state index contributed by atoms with van der Waals surface area (Å²) >= 11 is 0. The van der Waals surface area contributed by atoms with Crippen LogP contribution in [0.5, 0.6) is 0 Å². The van der Waals surface area contributed by atoms with Crippen molar-refractivity contribution in [3.8, 4) is 0 Å². The third-order valence-electron chi connectivity index (χ3n) is 3.44. The van der Waals surface area contributed by atoms with Gasteiger partial charge in [0.05, 0.1) is 6.26 Å². The fraction of sp³-hybridized carbons (Fsp3) is 1.00. The first-order chi connectivity index (χ1) is 6.90. The Morgan fingerprint density at radius 1 is 1.20 bits per heavy atom. The maximum absolute atomic E-state index is 11.2. The maximum atomic E-state index is 11.2. The van der Waals surface area contributed by atoms with Gasteiger partial charge in [-0.1, -0.05) is 27.2 Å². The minimum atomic E-state index is -2.92. The largest absolute Gasteiger partial charge is 0.213 e. The van der Waals surface area contributed by atoms with Crippen LogP contribution in [0.2, 0.25) is 0 Å². The van der Waals surface area contributed by atoms with Crippen molar-refractivity contribution in [3.63, 3.8) is 0 Å². The van der Waals surface area contributed by atoms with Gasteiger partial charge in [-0.15, -0.1) is 0 Å². The third kappa shape index (κ3) is 2.94. The summed E-state index contributed by atoms with van der Waals surface area (Å²) in [4.78, 5) is 0. The lowest BCUT2D eigenvalue weighted by molar-refractivity contribution is 0.00363. The lowest BCUT2D eigenvalue weighted by atomic mass is 9.63. The molecular formula is C11H23NO2S. The number of rotatable bonds is 1. The van der Waals surface area contributed by atoms with Crippen molar-refractivity contribution < 1.29 is 8.42 Å². The molecule has 0 N–H and O–H groups in total. The number of hydrogen-bond donors (Lipinski definition) is 0. The fourth-order valence-electron chi connectivity index (χ4n) is 2.36. The third-order valence-corrected chi connectivity index (χ3v) is 4.67. The van der Waals surface area contributed by atoms with Crippen LogP contribution in [0.1, 0.15) is 33.6 Å². The Labute approximate surface area is 93.9 Å². The standard InChI is InChI=1S/C8H15NO2S.C3H8/c1-6-7-3-8(6)5-9(4-7)12(2,10)11;1-3-2/h6-8H,3-5H2,1-2H3;3H2,1-2H3. The Bertz CT molecular complexity index is 288. The average Bonchev–Trinajstić information content (AvgIpc) is 2.17. The summed E-state index contributed by atoms with van der Waals surface area (Å²) in [5, 5.41) is 0. The molecule has 3 aliphatic rings. The molecule has 2 bridgehead atoms. The van der Waals surface area contributed by atoms with E-state index in [1.165, 1.54) is 19.1 Å². The zero-order chi connectivity index (χ0) is 11.6. The topological polar surface area (TPSA) is 37.4 Å². The highest BCUT2D eigenvalue weighted by molar-refractivity contribution is 7.88.